The molecule has 0 aliphatic heterocycles. The molecule has 0 fully saturated rings. The molecule has 0 saturated heterocycles. The molecule has 0 radical (unpaired) electrons. The third-order valence-electron chi connectivity index (χ3n) is 2.48. The van der Waals surface area contributed by atoms with Crippen molar-refractivity contribution in [2.24, 2.45) is 0 Å². The first kappa shape index (κ1) is 14.9. The van der Waals surface area contributed by atoms with Crippen molar-refractivity contribution in [1.82, 2.24) is 4.98 Å². The van der Waals surface area contributed by atoms with Crippen LogP contribution in [0.15, 0.2) is 18.3 Å². The van der Waals surface area contributed by atoms with Gasteiger partial charge in [0, 0.05) is 18.7 Å². The van der Waals surface area contributed by atoms with Gasteiger partial charge in [0.25, 0.3) is 0 Å². The van der Waals surface area contributed by atoms with Crippen molar-refractivity contribution in [2.75, 3.05) is 11.9 Å². The molecular weight excluding hydrogens is 248 g/mol. The van der Waals surface area contributed by atoms with E-state index in [0.717, 1.165) is 0 Å². The van der Waals surface area contributed by atoms with Crippen LogP contribution in [0, 0.1) is 0 Å². The van der Waals surface area contributed by atoms with Gasteiger partial charge in [-0.05, 0) is 32.4 Å². The summed E-state index contributed by atoms with van der Waals surface area (Å²) < 4.78 is 4.94. The second-order valence-electron chi connectivity index (χ2n) is 4.10. The molecule has 1 unspecified atom stereocenters. The number of carboxylic acids is 1. The predicted molar refractivity (Wildman–Crippen MR) is 70.1 cm³/mol. The smallest absolute Gasteiger partial charge is 0.341 e. The summed E-state index contributed by atoms with van der Waals surface area (Å²) >= 11 is 0. The predicted octanol–water partition coefficient (Wildman–Crippen LogP) is 1.92. The minimum atomic E-state index is -0.847. The number of hydrogen-bond donors (Lipinski definition) is 2. The molecule has 6 nitrogen and oxygen atoms in total. The molecule has 0 saturated carbocycles. The van der Waals surface area contributed by atoms with Crippen LogP contribution in [0.1, 0.15) is 37.0 Å². The zero-order valence-corrected chi connectivity index (χ0v) is 11.0. The quantitative estimate of drug-likeness (QED) is 0.733. The van der Waals surface area contributed by atoms with Gasteiger partial charge in [-0.3, -0.25) is 4.79 Å². The molecule has 0 aliphatic rings. The van der Waals surface area contributed by atoms with Gasteiger partial charge >= 0.3 is 11.9 Å². The van der Waals surface area contributed by atoms with Crippen molar-refractivity contribution in [2.45, 2.75) is 32.7 Å². The van der Waals surface area contributed by atoms with Crippen molar-refractivity contribution < 1.29 is 19.4 Å². The number of nitrogens with zero attached hydrogens (tertiary/aromatic N) is 1. The summed E-state index contributed by atoms with van der Waals surface area (Å²) in [6.45, 7) is 3.87. The molecule has 1 rings (SSSR count). The monoisotopic (exact) mass is 266 g/mol. The van der Waals surface area contributed by atoms with E-state index in [2.05, 4.69) is 10.3 Å². The Bertz CT molecular complexity index is 448. The fraction of sp³-hybridized carbons (Fsp3) is 0.462. The molecule has 6 heteroatoms. The van der Waals surface area contributed by atoms with E-state index in [1.54, 1.807) is 25.3 Å². The second kappa shape index (κ2) is 7.35. The highest BCUT2D eigenvalue weighted by Gasteiger charge is 2.15. The number of pyridine rings is 1. The Labute approximate surface area is 111 Å². The highest BCUT2D eigenvalue weighted by atomic mass is 16.5. The second-order valence-corrected chi connectivity index (χ2v) is 4.10. The van der Waals surface area contributed by atoms with Crippen molar-refractivity contribution in [1.29, 1.82) is 0 Å². The number of aliphatic carboxylic acids is 1. The number of carbonyl (C=O) groups is 2. The maximum atomic E-state index is 11.7. The summed E-state index contributed by atoms with van der Waals surface area (Å²) in [5.41, 5.74) is 0.353. The number of carbonyl (C=O) groups excluding carboxylic acids is 1. The first-order chi connectivity index (χ1) is 9.04. The SMILES string of the molecule is CCOC(=O)c1cccnc1NC(C)CCC(=O)O. The molecule has 1 aromatic rings. The van der Waals surface area contributed by atoms with E-state index in [1.165, 1.54) is 0 Å². The molecule has 0 aliphatic carbocycles. The Balaban J connectivity index is 2.72. The number of ether oxygens (including phenoxy) is 1. The summed E-state index contributed by atoms with van der Waals surface area (Å²) in [6.07, 6.45) is 2.08. The van der Waals surface area contributed by atoms with Crippen LogP contribution in [-0.4, -0.2) is 34.7 Å². The molecule has 0 aromatic carbocycles. The third kappa shape index (κ3) is 4.95. The molecule has 0 bridgehead atoms. The molecule has 1 atom stereocenters. The number of rotatable bonds is 7. The lowest BCUT2D eigenvalue weighted by Gasteiger charge is -2.15. The molecule has 104 valence electrons. The Morgan fingerprint density at radius 2 is 2.26 bits per heavy atom. The highest BCUT2D eigenvalue weighted by molar-refractivity contribution is 5.94. The van der Waals surface area contributed by atoms with E-state index >= 15 is 0 Å². The first-order valence-corrected chi connectivity index (χ1v) is 6.15. The van der Waals surface area contributed by atoms with E-state index in [-0.39, 0.29) is 12.5 Å². The summed E-state index contributed by atoms with van der Waals surface area (Å²) in [7, 11) is 0. The Hall–Kier alpha value is -2.11. The standard InChI is InChI=1S/C13H18N2O4/c1-3-19-13(18)10-5-4-8-14-12(10)15-9(2)6-7-11(16)17/h4-5,8-9H,3,6-7H2,1-2H3,(H,14,15)(H,16,17). The van der Waals surface area contributed by atoms with Crippen LogP contribution in [0.25, 0.3) is 0 Å². The molecule has 0 amide bonds. The van der Waals surface area contributed by atoms with Crippen LogP contribution < -0.4 is 5.32 Å². The number of anilines is 1. The molecule has 1 heterocycles. The van der Waals surface area contributed by atoms with Crippen LogP contribution >= 0.6 is 0 Å². The fourth-order valence-corrected chi connectivity index (χ4v) is 1.54. The lowest BCUT2D eigenvalue weighted by atomic mass is 10.1. The topological polar surface area (TPSA) is 88.5 Å². The average molecular weight is 266 g/mol. The van der Waals surface area contributed by atoms with Gasteiger partial charge in [-0.25, -0.2) is 9.78 Å². The minimum Gasteiger partial charge on any atom is -0.481 e. The summed E-state index contributed by atoms with van der Waals surface area (Å²) in [5.74, 6) is -0.873. The maximum Gasteiger partial charge on any atom is 0.341 e. The number of aromatic nitrogens is 1. The molecule has 19 heavy (non-hydrogen) atoms. The van der Waals surface area contributed by atoms with Crippen molar-refractivity contribution in [3.8, 4) is 0 Å². The molecule has 2 N–H and O–H groups in total. The average Bonchev–Trinajstić information content (AvgIpc) is 2.37. The fourth-order valence-electron chi connectivity index (χ4n) is 1.54. The van der Waals surface area contributed by atoms with Crippen LogP contribution in [0.4, 0.5) is 5.82 Å². The van der Waals surface area contributed by atoms with Gasteiger partial charge in [0.2, 0.25) is 0 Å². The van der Waals surface area contributed by atoms with Crippen LogP contribution in [0.2, 0.25) is 0 Å². The van der Waals surface area contributed by atoms with Gasteiger partial charge in [-0.1, -0.05) is 0 Å². The summed E-state index contributed by atoms with van der Waals surface area (Å²) in [5, 5.41) is 11.7. The minimum absolute atomic E-state index is 0.0652. The highest BCUT2D eigenvalue weighted by Crippen LogP contribution is 2.15. The number of esters is 1. The number of carboxylic acid groups (broad SMARTS) is 1. The Morgan fingerprint density at radius 1 is 1.53 bits per heavy atom. The third-order valence-corrected chi connectivity index (χ3v) is 2.48. The summed E-state index contributed by atoms with van der Waals surface area (Å²) in [6, 6.07) is 3.18. The van der Waals surface area contributed by atoms with Crippen molar-refractivity contribution in [3.63, 3.8) is 0 Å². The van der Waals surface area contributed by atoms with Crippen LogP contribution in [0.5, 0.6) is 0 Å². The van der Waals surface area contributed by atoms with E-state index in [1.807, 2.05) is 6.92 Å². The molecule has 0 spiro atoms. The Kier molecular flexibility index (Phi) is 5.78. The van der Waals surface area contributed by atoms with Gasteiger partial charge in [-0.15, -0.1) is 0 Å². The zero-order chi connectivity index (χ0) is 14.3. The van der Waals surface area contributed by atoms with E-state index in [4.69, 9.17) is 9.84 Å². The van der Waals surface area contributed by atoms with Gasteiger partial charge in [-0.2, -0.15) is 0 Å². The maximum absolute atomic E-state index is 11.7. The van der Waals surface area contributed by atoms with Crippen LogP contribution in [-0.2, 0) is 9.53 Å². The van der Waals surface area contributed by atoms with E-state index in [9.17, 15) is 9.59 Å². The van der Waals surface area contributed by atoms with Crippen molar-refractivity contribution in [3.05, 3.63) is 23.9 Å². The van der Waals surface area contributed by atoms with Crippen molar-refractivity contribution >= 4 is 17.8 Å². The van der Waals surface area contributed by atoms with E-state index in [0.29, 0.717) is 24.4 Å². The molecule has 1 aromatic heterocycles. The largest absolute Gasteiger partial charge is 0.481 e. The Morgan fingerprint density at radius 3 is 2.89 bits per heavy atom. The van der Waals surface area contributed by atoms with Crippen LogP contribution in [0.3, 0.4) is 0 Å². The normalized spacial score (nSPS) is 11.7. The van der Waals surface area contributed by atoms with E-state index < -0.39 is 11.9 Å². The number of nitrogens with one attached hydrogen (secondary N) is 1. The van der Waals surface area contributed by atoms with Gasteiger partial charge in [0.15, 0.2) is 0 Å². The zero-order valence-electron chi connectivity index (χ0n) is 11.0. The molecular formula is C13H18N2O4. The van der Waals surface area contributed by atoms with Gasteiger partial charge < -0.3 is 15.2 Å². The van der Waals surface area contributed by atoms with Gasteiger partial charge in [0.05, 0.1) is 6.61 Å². The van der Waals surface area contributed by atoms with Gasteiger partial charge in [0.1, 0.15) is 11.4 Å². The lowest BCUT2D eigenvalue weighted by Crippen LogP contribution is -2.20. The lowest BCUT2D eigenvalue weighted by molar-refractivity contribution is -0.137. The summed E-state index contributed by atoms with van der Waals surface area (Å²) in [4.78, 5) is 26.3. The first-order valence-electron chi connectivity index (χ1n) is 6.15. The number of hydrogen-bond acceptors (Lipinski definition) is 5.